The van der Waals surface area contributed by atoms with E-state index in [1.807, 2.05) is 0 Å². The predicted octanol–water partition coefficient (Wildman–Crippen LogP) is -0.778. The first-order chi connectivity index (χ1) is 4.30. The molecule has 1 aliphatic heterocycles. The zero-order valence-corrected chi connectivity index (χ0v) is 5.09. The van der Waals surface area contributed by atoms with Gasteiger partial charge in [0.1, 0.15) is 0 Å². The fourth-order valence-electron chi connectivity index (χ4n) is 0.688. The van der Waals surface area contributed by atoms with E-state index in [4.69, 9.17) is 9.94 Å². The topological polar surface area (TPSA) is 52.4 Å². The van der Waals surface area contributed by atoms with Gasteiger partial charge in [0.05, 0.1) is 0 Å². The van der Waals surface area contributed by atoms with E-state index in [-0.39, 0.29) is 12.6 Å². The molecule has 1 aliphatic rings. The zero-order chi connectivity index (χ0) is 6.69. The number of hydrogen-bond acceptors (Lipinski definition) is 2. The predicted molar refractivity (Wildman–Crippen MR) is 30.5 cm³/mol. The summed E-state index contributed by atoms with van der Waals surface area (Å²) in [6.45, 7) is 0.722. The Labute approximate surface area is 53.0 Å². The summed E-state index contributed by atoms with van der Waals surface area (Å²) in [7, 11) is 0. The van der Waals surface area contributed by atoms with Gasteiger partial charge in [-0.1, -0.05) is 5.06 Å². The lowest BCUT2D eigenvalue weighted by Gasteiger charge is -2.03. The average Bonchev–Trinajstić information content (AvgIpc) is 1.99. The van der Waals surface area contributed by atoms with Gasteiger partial charge in [-0.3, -0.25) is 4.79 Å². The van der Waals surface area contributed by atoms with Crippen molar-refractivity contribution in [3.63, 3.8) is 0 Å². The summed E-state index contributed by atoms with van der Waals surface area (Å²) in [5.74, 6) is -0.146. The molecule has 1 heterocycles. The first kappa shape index (κ1) is 6.51. The second kappa shape index (κ2) is 2.80. The van der Waals surface area contributed by atoms with Gasteiger partial charge in [-0.05, 0) is 6.42 Å². The molecule has 0 spiro atoms. The zero-order valence-electron chi connectivity index (χ0n) is 5.09. The third-order valence-corrected chi connectivity index (χ3v) is 1.20. The Hall–Kier alpha value is -0.610. The van der Waals surface area contributed by atoms with Crippen LogP contribution in [0.25, 0.3) is 0 Å². The molecule has 0 aliphatic carbocycles. The number of ether oxygens (including phenoxy) is 1. The van der Waals surface area contributed by atoms with Crippen molar-refractivity contribution in [2.75, 3.05) is 13.3 Å². The van der Waals surface area contributed by atoms with Crippen LogP contribution in [0.5, 0.6) is 0 Å². The van der Waals surface area contributed by atoms with Crippen molar-refractivity contribution in [2.45, 2.75) is 12.8 Å². The van der Waals surface area contributed by atoms with Crippen LogP contribution in [0.4, 0.5) is 0 Å². The van der Waals surface area contributed by atoms with Gasteiger partial charge in [0, 0.05) is 13.0 Å². The maximum atomic E-state index is 10.7. The lowest BCUT2D eigenvalue weighted by Crippen LogP contribution is -2.26. The summed E-state index contributed by atoms with van der Waals surface area (Å²) in [6, 6.07) is 0. The van der Waals surface area contributed by atoms with E-state index in [0.29, 0.717) is 13.0 Å². The van der Waals surface area contributed by atoms with Crippen LogP contribution in [-0.2, 0) is 9.53 Å². The number of amides is 1. The minimum absolute atomic E-state index is 0.124. The maximum Gasteiger partial charge on any atom is 0.289 e. The van der Waals surface area contributed by atoms with Crippen LogP contribution in [0.15, 0.2) is 0 Å². The van der Waals surface area contributed by atoms with Gasteiger partial charge in [0.15, 0.2) is 6.73 Å². The molecule has 0 bridgehead atoms. The molecule has 4 heteroatoms. The molecule has 0 saturated carbocycles. The first-order valence-electron chi connectivity index (χ1n) is 2.90. The molecular formula is C5H10NO3+. The molecule has 4 nitrogen and oxygen atoms in total. The molecular weight excluding hydrogens is 122 g/mol. The Kier molecular flexibility index (Phi) is 2.02. The Morgan fingerprint density at radius 3 is 3.22 bits per heavy atom. The Morgan fingerprint density at radius 1 is 1.67 bits per heavy atom. The first-order valence-corrected chi connectivity index (χ1v) is 2.90. The van der Waals surface area contributed by atoms with E-state index in [2.05, 4.69) is 0 Å². The highest BCUT2D eigenvalue weighted by Gasteiger charge is 2.17. The highest BCUT2D eigenvalue weighted by atomic mass is 16.6. The standard InChI is InChI=1S/C5H9NO3/c7-5-2-1-3-9-4-6(5)8/h8H,1-4H2/p+1. The Balaban J connectivity index is 2.41. The summed E-state index contributed by atoms with van der Waals surface area (Å²) in [6.07, 6.45) is 1.19. The molecule has 0 radical (unpaired) electrons. The molecule has 1 amide bonds. The van der Waals surface area contributed by atoms with Gasteiger partial charge in [0.2, 0.25) is 0 Å². The van der Waals surface area contributed by atoms with Crippen molar-refractivity contribution < 1.29 is 14.7 Å². The van der Waals surface area contributed by atoms with E-state index >= 15 is 0 Å². The largest absolute Gasteiger partial charge is 0.354 e. The number of carbonyl (C=O) groups excluding carboxylic acids is 1. The summed E-state index contributed by atoms with van der Waals surface area (Å²) in [4.78, 5) is 10.7. The fraction of sp³-hybridized carbons (Fsp3) is 0.800. The molecule has 52 valence electrons. The number of carbonyl (C=O) groups is 1. The van der Waals surface area contributed by atoms with Crippen LogP contribution in [0.1, 0.15) is 12.8 Å². The van der Waals surface area contributed by atoms with Crippen LogP contribution in [0, 0.1) is 0 Å². The van der Waals surface area contributed by atoms with Gasteiger partial charge in [-0.2, -0.15) is 0 Å². The quantitative estimate of drug-likeness (QED) is 0.406. The van der Waals surface area contributed by atoms with E-state index in [1.165, 1.54) is 0 Å². The lowest BCUT2D eigenvalue weighted by atomic mass is 10.3. The van der Waals surface area contributed by atoms with E-state index < -0.39 is 0 Å². The lowest BCUT2D eigenvalue weighted by molar-refractivity contribution is -0.181. The van der Waals surface area contributed by atoms with E-state index in [0.717, 1.165) is 11.5 Å². The van der Waals surface area contributed by atoms with E-state index in [9.17, 15) is 4.79 Å². The van der Waals surface area contributed by atoms with Crippen molar-refractivity contribution in [2.24, 2.45) is 0 Å². The van der Waals surface area contributed by atoms with Gasteiger partial charge >= 0.3 is 0 Å². The second-order valence-corrected chi connectivity index (χ2v) is 1.96. The number of hydrogen-bond donors (Lipinski definition) is 0. The van der Waals surface area contributed by atoms with Crippen LogP contribution < -0.4 is 0 Å². The highest BCUT2D eigenvalue weighted by molar-refractivity contribution is 5.74. The molecule has 1 saturated heterocycles. The van der Waals surface area contributed by atoms with Crippen LogP contribution in [-0.4, -0.2) is 29.5 Å². The molecule has 0 aromatic carbocycles. The SMILES string of the molecule is O=C1CCCOCN1[OH2+]. The maximum absolute atomic E-state index is 10.7. The van der Waals surface area contributed by atoms with E-state index in [1.54, 1.807) is 0 Å². The van der Waals surface area contributed by atoms with Crippen molar-refractivity contribution in [1.29, 1.82) is 0 Å². The van der Waals surface area contributed by atoms with Crippen molar-refractivity contribution in [3.8, 4) is 0 Å². The average molecular weight is 132 g/mol. The Morgan fingerprint density at radius 2 is 2.44 bits per heavy atom. The van der Waals surface area contributed by atoms with Gasteiger partial charge in [-0.25, -0.2) is 0 Å². The van der Waals surface area contributed by atoms with Gasteiger partial charge in [-0.15, -0.1) is 0 Å². The van der Waals surface area contributed by atoms with Crippen molar-refractivity contribution in [1.82, 2.24) is 5.06 Å². The third-order valence-electron chi connectivity index (χ3n) is 1.20. The minimum atomic E-state index is -0.146. The number of nitrogens with zero attached hydrogens (tertiary/aromatic N) is 1. The minimum Gasteiger partial charge on any atom is -0.354 e. The number of hydroxylamine groups is 2. The van der Waals surface area contributed by atoms with Crippen LogP contribution in [0.3, 0.4) is 0 Å². The van der Waals surface area contributed by atoms with Crippen LogP contribution in [0.2, 0.25) is 0 Å². The number of rotatable bonds is 0. The fourth-order valence-corrected chi connectivity index (χ4v) is 0.688. The van der Waals surface area contributed by atoms with Crippen LogP contribution >= 0.6 is 0 Å². The summed E-state index contributed by atoms with van der Waals surface area (Å²) >= 11 is 0. The molecule has 0 atom stereocenters. The normalized spacial score (nSPS) is 21.9. The highest BCUT2D eigenvalue weighted by Crippen LogP contribution is 2.00. The molecule has 1 fully saturated rings. The van der Waals surface area contributed by atoms with Gasteiger partial charge < -0.3 is 9.94 Å². The monoisotopic (exact) mass is 132 g/mol. The summed E-state index contributed by atoms with van der Waals surface area (Å²) in [5.41, 5.74) is 0. The molecule has 0 aromatic heterocycles. The summed E-state index contributed by atoms with van der Waals surface area (Å²) < 4.78 is 4.89. The van der Waals surface area contributed by atoms with Crippen molar-refractivity contribution in [3.05, 3.63) is 0 Å². The third kappa shape index (κ3) is 1.65. The molecule has 1 rings (SSSR count). The Bertz CT molecular complexity index is 115. The molecule has 9 heavy (non-hydrogen) atoms. The second-order valence-electron chi connectivity index (χ2n) is 1.96. The summed E-state index contributed by atoms with van der Waals surface area (Å²) in [5, 5.41) is 7.83. The van der Waals surface area contributed by atoms with Gasteiger partial charge in [0.25, 0.3) is 5.91 Å². The van der Waals surface area contributed by atoms with Crippen molar-refractivity contribution >= 4 is 5.91 Å². The molecule has 2 N–H and O–H groups in total. The molecule has 0 aromatic rings. The smallest absolute Gasteiger partial charge is 0.289 e. The molecule has 0 unspecified atom stereocenters.